The lowest BCUT2D eigenvalue weighted by Gasteiger charge is -2.28. The van der Waals surface area contributed by atoms with Gasteiger partial charge in [0.25, 0.3) is 0 Å². The Labute approximate surface area is 92.4 Å². The monoisotopic (exact) mass is 213 g/mol. The summed E-state index contributed by atoms with van der Waals surface area (Å²) >= 11 is 0. The number of carbonyl (C=O) groups is 1. The second-order valence-electron chi connectivity index (χ2n) is 4.49. The summed E-state index contributed by atoms with van der Waals surface area (Å²) in [6.45, 7) is 7.66. The third-order valence-corrected chi connectivity index (χ3v) is 3.19. The second-order valence-corrected chi connectivity index (χ2v) is 4.49. The van der Waals surface area contributed by atoms with E-state index in [-0.39, 0.29) is 11.9 Å². The molecule has 1 aliphatic heterocycles. The molecule has 1 amide bonds. The molecule has 0 radical (unpaired) electrons. The molecule has 4 nitrogen and oxygen atoms in total. The van der Waals surface area contributed by atoms with Crippen molar-refractivity contribution in [3.05, 3.63) is 0 Å². The molecule has 0 aromatic rings. The fourth-order valence-electron chi connectivity index (χ4n) is 2.09. The van der Waals surface area contributed by atoms with Crippen molar-refractivity contribution in [3.8, 4) is 0 Å². The van der Waals surface area contributed by atoms with Crippen LogP contribution in [0.4, 0.5) is 0 Å². The van der Waals surface area contributed by atoms with Crippen LogP contribution in [0.15, 0.2) is 0 Å². The molecular weight excluding hydrogens is 190 g/mol. The van der Waals surface area contributed by atoms with E-state index in [1.54, 1.807) is 0 Å². The lowest BCUT2D eigenvalue weighted by molar-refractivity contribution is -0.131. The van der Waals surface area contributed by atoms with E-state index < -0.39 is 0 Å². The predicted octanol–water partition coefficient (Wildman–Crippen LogP) is 0.134. The zero-order valence-corrected chi connectivity index (χ0v) is 10.1. The maximum absolute atomic E-state index is 11.8. The molecule has 2 unspecified atom stereocenters. The van der Waals surface area contributed by atoms with E-state index in [9.17, 15) is 4.79 Å². The number of hydrogen-bond donors (Lipinski definition) is 1. The summed E-state index contributed by atoms with van der Waals surface area (Å²) in [6, 6.07) is 0.0917. The number of rotatable bonds is 5. The van der Waals surface area contributed by atoms with Gasteiger partial charge >= 0.3 is 0 Å². The van der Waals surface area contributed by atoms with Crippen molar-refractivity contribution in [2.45, 2.75) is 26.3 Å². The molecule has 2 N–H and O–H groups in total. The average Bonchev–Trinajstić information content (AvgIpc) is 2.56. The molecule has 0 aromatic carbocycles. The number of likely N-dealkylation sites (N-methyl/N-ethyl adjacent to an activating group) is 2. The first-order chi connectivity index (χ1) is 7.10. The van der Waals surface area contributed by atoms with Gasteiger partial charge in [0.1, 0.15) is 0 Å². The summed E-state index contributed by atoms with van der Waals surface area (Å²) in [4.78, 5) is 15.9. The van der Waals surface area contributed by atoms with Crippen LogP contribution in [0.5, 0.6) is 0 Å². The van der Waals surface area contributed by atoms with Crippen molar-refractivity contribution in [2.24, 2.45) is 11.7 Å². The van der Waals surface area contributed by atoms with Crippen LogP contribution in [0.2, 0.25) is 0 Å². The standard InChI is InChI=1S/C11H23N3O/c1-4-14(8-9(2)7-12)10-5-6-13(3)11(10)15/h9-10H,4-8,12H2,1-3H3. The van der Waals surface area contributed by atoms with E-state index in [4.69, 9.17) is 5.73 Å². The maximum atomic E-state index is 11.8. The molecule has 1 heterocycles. The quantitative estimate of drug-likeness (QED) is 0.706. The Morgan fingerprint density at radius 1 is 1.67 bits per heavy atom. The van der Waals surface area contributed by atoms with E-state index in [0.29, 0.717) is 12.5 Å². The van der Waals surface area contributed by atoms with Crippen molar-refractivity contribution in [3.63, 3.8) is 0 Å². The number of nitrogens with two attached hydrogens (primary N) is 1. The van der Waals surface area contributed by atoms with Crippen molar-refractivity contribution < 1.29 is 4.79 Å². The van der Waals surface area contributed by atoms with Gasteiger partial charge in [0.2, 0.25) is 5.91 Å². The van der Waals surface area contributed by atoms with Crippen LogP contribution in [0.3, 0.4) is 0 Å². The first kappa shape index (κ1) is 12.5. The highest BCUT2D eigenvalue weighted by atomic mass is 16.2. The van der Waals surface area contributed by atoms with Crippen LogP contribution in [-0.2, 0) is 4.79 Å². The Kier molecular flexibility index (Phi) is 4.54. The molecule has 4 heteroatoms. The second kappa shape index (κ2) is 5.47. The van der Waals surface area contributed by atoms with Crippen molar-refractivity contribution in [1.29, 1.82) is 0 Å². The van der Waals surface area contributed by atoms with Gasteiger partial charge in [-0.15, -0.1) is 0 Å². The summed E-state index contributed by atoms with van der Waals surface area (Å²) in [5.74, 6) is 0.727. The highest BCUT2D eigenvalue weighted by Crippen LogP contribution is 2.16. The molecule has 1 rings (SSSR count). The lowest BCUT2D eigenvalue weighted by Crippen LogP contribution is -2.43. The Hall–Kier alpha value is -0.610. The number of hydrogen-bond acceptors (Lipinski definition) is 3. The Bertz CT molecular complexity index is 220. The van der Waals surface area contributed by atoms with Crippen LogP contribution in [-0.4, -0.2) is 55.0 Å². The highest BCUT2D eigenvalue weighted by molar-refractivity contribution is 5.83. The third-order valence-electron chi connectivity index (χ3n) is 3.19. The molecule has 0 spiro atoms. The van der Waals surface area contributed by atoms with Gasteiger partial charge in [0, 0.05) is 20.1 Å². The number of nitrogens with zero attached hydrogens (tertiary/aromatic N) is 2. The van der Waals surface area contributed by atoms with Gasteiger partial charge in [0.15, 0.2) is 0 Å². The molecular formula is C11H23N3O. The van der Waals surface area contributed by atoms with Gasteiger partial charge in [-0.25, -0.2) is 0 Å². The number of likely N-dealkylation sites (tertiary alicyclic amines) is 1. The number of amides is 1. The van der Waals surface area contributed by atoms with E-state index >= 15 is 0 Å². The SMILES string of the molecule is CCN(CC(C)CN)C1CCN(C)C1=O. The van der Waals surface area contributed by atoms with Gasteiger partial charge in [-0.2, -0.15) is 0 Å². The average molecular weight is 213 g/mol. The summed E-state index contributed by atoms with van der Waals surface area (Å²) < 4.78 is 0. The lowest BCUT2D eigenvalue weighted by atomic mass is 10.1. The van der Waals surface area contributed by atoms with Gasteiger partial charge < -0.3 is 10.6 Å². The van der Waals surface area contributed by atoms with Gasteiger partial charge in [0.05, 0.1) is 6.04 Å². The molecule has 1 fully saturated rings. The topological polar surface area (TPSA) is 49.6 Å². The molecule has 1 aliphatic rings. The maximum Gasteiger partial charge on any atom is 0.239 e. The highest BCUT2D eigenvalue weighted by Gasteiger charge is 2.33. The fourth-order valence-corrected chi connectivity index (χ4v) is 2.09. The van der Waals surface area contributed by atoms with Crippen molar-refractivity contribution >= 4 is 5.91 Å². The van der Waals surface area contributed by atoms with Gasteiger partial charge in [-0.3, -0.25) is 9.69 Å². The minimum Gasteiger partial charge on any atom is -0.344 e. The predicted molar refractivity (Wildman–Crippen MR) is 61.5 cm³/mol. The molecule has 0 saturated carbocycles. The van der Waals surface area contributed by atoms with Gasteiger partial charge in [-0.1, -0.05) is 13.8 Å². The normalized spacial score (nSPS) is 23.9. The van der Waals surface area contributed by atoms with E-state index in [1.165, 1.54) is 0 Å². The van der Waals surface area contributed by atoms with Crippen molar-refractivity contribution in [2.75, 3.05) is 33.2 Å². The largest absolute Gasteiger partial charge is 0.344 e. The molecule has 1 saturated heterocycles. The molecule has 2 atom stereocenters. The number of carbonyl (C=O) groups excluding carboxylic acids is 1. The van der Waals surface area contributed by atoms with Crippen LogP contribution in [0.25, 0.3) is 0 Å². The van der Waals surface area contributed by atoms with Crippen molar-refractivity contribution in [1.82, 2.24) is 9.80 Å². The first-order valence-electron chi connectivity index (χ1n) is 5.79. The molecule has 15 heavy (non-hydrogen) atoms. The summed E-state index contributed by atoms with van der Waals surface area (Å²) in [5, 5.41) is 0. The Morgan fingerprint density at radius 2 is 2.33 bits per heavy atom. The Morgan fingerprint density at radius 3 is 2.73 bits per heavy atom. The zero-order chi connectivity index (χ0) is 11.4. The summed E-state index contributed by atoms with van der Waals surface area (Å²) in [7, 11) is 1.88. The van der Waals surface area contributed by atoms with Crippen LogP contribution in [0, 0.1) is 5.92 Å². The third kappa shape index (κ3) is 2.92. The van der Waals surface area contributed by atoms with Gasteiger partial charge in [-0.05, 0) is 25.4 Å². The minimum atomic E-state index is 0.0917. The van der Waals surface area contributed by atoms with Crippen LogP contribution in [0.1, 0.15) is 20.3 Å². The molecule has 88 valence electrons. The first-order valence-corrected chi connectivity index (χ1v) is 5.79. The van der Waals surface area contributed by atoms with Crippen LogP contribution >= 0.6 is 0 Å². The smallest absolute Gasteiger partial charge is 0.239 e. The molecule has 0 bridgehead atoms. The zero-order valence-electron chi connectivity index (χ0n) is 10.1. The fraction of sp³-hybridized carbons (Fsp3) is 0.909. The summed E-state index contributed by atoms with van der Waals surface area (Å²) in [6.07, 6.45) is 0.959. The minimum absolute atomic E-state index is 0.0917. The van der Waals surface area contributed by atoms with E-state index in [1.807, 2.05) is 11.9 Å². The van der Waals surface area contributed by atoms with Crippen LogP contribution < -0.4 is 5.73 Å². The van der Waals surface area contributed by atoms with E-state index in [0.717, 1.165) is 26.1 Å². The van der Waals surface area contributed by atoms with E-state index in [2.05, 4.69) is 18.7 Å². The Balaban J connectivity index is 2.55. The molecule has 0 aliphatic carbocycles. The summed E-state index contributed by atoms with van der Waals surface area (Å²) in [5.41, 5.74) is 5.61. The molecule has 0 aromatic heterocycles.